The van der Waals surface area contributed by atoms with Gasteiger partial charge < -0.3 is 4.18 Å². The molecular formula is C16H12O2S2. The van der Waals surface area contributed by atoms with Gasteiger partial charge in [0, 0.05) is 16.6 Å². The fourth-order valence-corrected chi connectivity index (χ4v) is 3.89. The van der Waals surface area contributed by atoms with Gasteiger partial charge in [0.25, 0.3) is 0 Å². The third kappa shape index (κ3) is 2.53. The van der Waals surface area contributed by atoms with E-state index in [2.05, 4.69) is 0 Å². The molecule has 100 valence electrons. The lowest BCUT2D eigenvalue weighted by atomic mass is 10.1. The van der Waals surface area contributed by atoms with Crippen LogP contribution in [0.1, 0.15) is 0 Å². The average Bonchev–Trinajstić information content (AvgIpc) is 2.47. The summed E-state index contributed by atoms with van der Waals surface area (Å²) >= 11 is 5.22. The van der Waals surface area contributed by atoms with Crippen LogP contribution in [0.5, 0.6) is 5.75 Å². The molecule has 3 aromatic carbocycles. The summed E-state index contributed by atoms with van der Waals surface area (Å²) in [6, 6.07) is 22.3. The molecule has 20 heavy (non-hydrogen) atoms. The Bertz CT molecular complexity index is 835. The Balaban J connectivity index is 2.10. The minimum atomic E-state index is -3.01. The second kappa shape index (κ2) is 5.23. The summed E-state index contributed by atoms with van der Waals surface area (Å²) in [7, 11) is -3.01. The number of benzene rings is 3. The standard InChI is InChI=1S/C16H12O2S2/c17-20(19,18-14-9-2-1-3-10-14)16-12-6-8-13-7-4-5-11-15(13)16/h1-12H. The van der Waals surface area contributed by atoms with Crippen molar-refractivity contribution >= 4 is 30.7 Å². The van der Waals surface area contributed by atoms with Crippen molar-refractivity contribution in [3.05, 3.63) is 72.8 Å². The molecule has 0 saturated carbocycles. The molecule has 0 amide bonds. The summed E-state index contributed by atoms with van der Waals surface area (Å²) in [5.41, 5.74) is 0. The summed E-state index contributed by atoms with van der Waals surface area (Å²) in [5, 5.41) is 1.87. The van der Waals surface area contributed by atoms with Crippen molar-refractivity contribution in [3.8, 4) is 5.75 Å². The molecule has 0 aromatic heterocycles. The van der Waals surface area contributed by atoms with E-state index in [9.17, 15) is 4.21 Å². The maximum absolute atomic E-state index is 12.8. The molecule has 0 aliphatic heterocycles. The average molecular weight is 300 g/mol. The van der Waals surface area contributed by atoms with Gasteiger partial charge in [-0.3, -0.25) is 0 Å². The van der Waals surface area contributed by atoms with E-state index in [0.717, 1.165) is 10.8 Å². The van der Waals surface area contributed by atoms with Crippen LogP contribution in [0.4, 0.5) is 0 Å². The van der Waals surface area contributed by atoms with Crippen molar-refractivity contribution in [2.75, 3.05) is 0 Å². The normalized spacial score (nSPS) is 13.8. The molecule has 0 heterocycles. The molecule has 0 saturated heterocycles. The molecule has 0 N–H and O–H groups in total. The first-order chi connectivity index (χ1) is 9.67. The molecule has 1 atom stereocenters. The zero-order valence-electron chi connectivity index (χ0n) is 10.6. The predicted molar refractivity (Wildman–Crippen MR) is 84.8 cm³/mol. The van der Waals surface area contributed by atoms with Crippen molar-refractivity contribution < 1.29 is 8.39 Å². The van der Waals surface area contributed by atoms with Crippen LogP contribution < -0.4 is 4.18 Å². The Kier molecular flexibility index (Phi) is 3.42. The highest BCUT2D eigenvalue weighted by molar-refractivity contribution is 8.30. The van der Waals surface area contributed by atoms with Gasteiger partial charge >= 0.3 is 0 Å². The highest BCUT2D eigenvalue weighted by Crippen LogP contribution is 2.26. The smallest absolute Gasteiger partial charge is 0.216 e. The van der Waals surface area contributed by atoms with E-state index in [0.29, 0.717) is 10.6 Å². The topological polar surface area (TPSA) is 26.3 Å². The third-order valence-electron chi connectivity index (χ3n) is 2.97. The molecule has 3 rings (SSSR count). The van der Waals surface area contributed by atoms with Crippen molar-refractivity contribution in [1.29, 1.82) is 0 Å². The summed E-state index contributed by atoms with van der Waals surface area (Å²) in [6.07, 6.45) is 0. The van der Waals surface area contributed by atoms with Crippen LogP contribution in [0.2, 0.25) is 0 Å². The molecular weight excluding hydrogens is 288 g/mol. The first-order valence-corrected chi connectivity index (χ1v) is 8.55. The molecule has 0 aliphatic carbocycles. The Labute approximate surface area is 122 Å². The summed E-state index contributed by atoms with van der Waals surface area (Å²) in [6.45, 7) is 0. The number of fused-ring (bicyclic) bond motifs is 1. The van der Waals surface area contributed by atoms with Crippen LogP contribution in [0.25, 0.3) is 10.8 Å². The highest BCUT2D eigenvalue weighted by atomic mass is 32.8. The van der Waals surface area contributed by atoms with E-state index in [-0.39, 0.29) is 0 Å². The SMILES string of the molecule is O=S(=S)(Oc1ccccc1)c1cccc2ccccc12. The number of para-hydroxylation sites is 1. The maximum atomic E-state index is 12.8. The molecule has 0 spiro atoms. The largest absolute Gasteiger partial charge is 0.397 e. The first-order valence-electron chi connectivity index (χ1n) is 6.14. The zero-order chi connectivity index (χ0) is 14.0. The van der Waals surface area contributed by atoms with Gasteiger partial charge in [0.05, 0.1) is 4.90 Å². The fourth-order valence-electron chi connectivity index (χ4n) is 2.06. The maximum Gasteiger partial charge on any atom is 0.216 e. The summed E-state index contributed by atoms with van der Waals surface area (Å²) in [4.78, 5) is 0.550. The molecule has 0 fully saturated rings. The van der Waals surface area contributed by atoms with Crippen molar-refractivity contribution in [3.63, 3.8) is 0 Å². The minimum Gasteiger partial charge on any atom is -0.397 e. The van der Waals surface area contributed by atoms with Crippen molar-refractivity contribution in [1.82, 2.24) is 0 Å². The van der Waals surface area contributed by atoms with Gasteiger partial charge in [0.1, 0.15) is 5.75 Å². The lowest BCUT2D eigenvalue weighted by molar-refractivity contribution is 0.560. The second-order valence-electron chi connectivity index (χ2n) is 4.33. The highest BCUT2D eigenvalue weighted by Gasteiger charge is 2.15. The van der Waals surface area contributed by atoms with E-state index in [4.69, 9.17) is 15.4 Å². The second-order valence-corrected chi connectivity index (χ2v) is 7.16. The summed E-state index contributed by atoms with van der Waals surface area (Å²) < 4.78 is 18.3. The lowest BCUT2D eigenvalue weighted by Gasteiger charge is -2.12. The minimum absolute atomic E-state index is 0.514. The lowest BCUT2D eigenvalue weighted by Crippen LogP contribution is -2.08. The molecule has 0 radical (unpaired) electrons. The molecule has 0 aliphatic rings. The van der Waals surface area contributed by atoms with E-state index in [1.54, 1.807) is 18.2 Å². The Morgan fingerprint density at radius 1 is 0.800 bits per heavy atom. The Morgan fingerprint density at radius 3 is 2.25 bits per heavy atom. The van der Waals surface area contributed by atoms with Gasteiger partial charge in [-0.25, -0.2) is 4.21 Å². The monoisotopic (exact) mass is 300 g/mol. The molecule has 4 heteroatoms. The van der Waals surface area contributed by atoms with Gasteiger partial charge in [-0.2, -0.15) is 0 Å². The number of hydrogen-bond donors (Lipinski definition) is 0. The predicted octanol–water partition coefficient (Wildman–Crippen LogP) is 3.94. The van der Waals surface area contributed by atoms with Crippen LogP contribution in [-0.4, -0.2) is 4.21 Å². The number of hydrogen-bond acceptors (Lipinski definition) is 3. The molecule has 3 aromatic rings. The van der Waals surface area contributed by atoms with Crippen LogP contribution >= 0.6 is 0 Å². The van der Waals surface area contributed by atoms with E-state index >= 15 is 0 Å². The number of rotatable bonds is 3. The van der Waals surface area contributed by atoms with Crippen LogP contribution in [0.15, 0.2) is 77.7 Å². The first kappa shape index (κ1) is 13.1. The van der Waals surface area contributed by atoms with E-state index in [1.165, 1.54) is 0 Å². The molecule has 2 nitrogen and oxygen atoms in total. The van der Waals surface area contributed by atoms with Crippen molar-refractivity contribution in [2.24, 2.45) is 0 Å². The fraction of sp³-hybridized carbons (Fsp3) is 0. The van der Waals surface area contributed by atoms with Gasteiger partial charge in [0.2, 0.25) is 8.77 Å². The van der Waals surface area contributed by atoms with Gasteiger partial charge in [-0.05, 0) is 23.6 Å². The molecule has 0 bridgehead atoms. The van der Waals surface area contributed by atoms with E-state index in [1.807, 2.05) is 54.6 Å². The van der Waals surface area contributed by atoms with Gasteiger partial charge in [-0.15, -0.1) is 0 Å². The third-order valence-corrected chi connectivity index (χ3v) is 5.02. The van der Waals surface area contributed by atoms with E-state index < -0.39 is 8.77 Å². The Hall–Kier alpha value is -1.91. The Morgan fingerprint density at radius 2 is 1.45 bits per heavy atom. The van der Waals surface area contributed by atoms with Crippen LogP contribution in [0.3, 0.4) is 0 Å². The zero-order valence-corrected chi connectivity index (χ0v) is 12.2. The molecule has 1 unspecified atom stereocenters. The van der Waals surface area contributed by atoms with Gasteiger partial charge in [0.15, 0.2) is 0 Å². The van der Waals surface area contributed by atoms with Crippen LogP contribution in [-0.2, 0) is 20.0 Å². The van der Waals surface area contributed by atoms with Gasteiger partial charge in [-0.1, -0.05) is 54.6 Å². The quantitative estimate of drug-likeness (QED) is 0.733. The summed E-state index contributed by atoms with van der Waals surface area (Å²) in [5.74, 6) is 0.514. The van der Waals surface area contributed by atoms with Crippen molar-refractivity contribution in [2.45, 2.75) is 4.90 Å². The van der Waals surface area contributed by atoms with Crippen LogP contribution in [0, 0.1) is 0 Å².